The van der Waals surface area contributed by atoms with Crippen LogP contribution in [0.4, 0.5) is 0 Å². The van der Waals surface area contributed by atoms with Gasteiger partial charge in [-0.05, 0) is 95.7 Å². The summed E-state index contributed by atoms with van der Waals surface area (Å²) in [4.78, 5) is 7.60. The minimum atomic E-state index is -0.213. The number of nitrogens with zero attached hydrogens (tertiary/aromatic N) is 3. The predicted molar refractivity (Wildman–Crippen MR) is 146 cm³/mol. The molecule has 0 saturated carbocycles. The van der Waals surface area contributed by atoms with Crippen LogP contribution in [0.3, 0.4) is 0 Å². The normalized spacial score (nSPS) is 24.4. The van der Waals surface area contributed by atoms with Crippen molar-refractivity contribution in [1.29, 1.82) is 5.26 Å². The molecule has 0 aromatic heterocycles. The van der Waals surface area contributed by atoms with Gasteiger partial charge in [0.05, 0.1) is 23.2 Å². The molecule has 3 atom stereocenters. The van der Waals surface area contributed by atoms with Gasteiger partial charge in [-0.2, -0.15) is 5.26 Å². The first kappa shape index (κ1) is 22.9. The van der Waals surface area contributed by atoms with E-state index in [1.807, 2.05) is 18.2 Å². The number of hydrogen-bond donors (Lipinski definition) is 1. The lowest BCUT2D eigenvalue weighted by Gasteiger charge is -2.36. The summed E-state index contributed by atoms with van der Waals surface area (Å²) in [5, 5.41) is 9.49. The van der Waals surface area contributed by atoms with Crippen molar-refractivity contribution in [2.24, 2.45) is 10.7 Å². The molecule has 4 nitrogen and oxygen atoms in total. The Morgan fingerprint density at radius 1 is 1.08 bits per heavy atom. The fourth-order valence-electron chi connectivity index (χ4n) is 7.07. The molecule has 3 aromatic rings. The number of aliphatic imine (C=N–C) groups is 1. The topological polar surface area (TPSA) is 65.4 Å². The van der Waals surface area contributed by atoms with Crippen molar-refractivity contribution >= 4 is 5.96 Å². The highest BCUT2D eigenvalue weighted by molar-refractivity contribution is 5.80. The van der Waals surface area contributed by atoms with E-state index in [-0.39, 0.29) is 11.6 Å². The summed E-state index contributed by atoms with van der Waals surface area (Å²) >= 11 is 0. The maximum Gasteiger partial charge on any atom is 0.192 e. The number of rotatable bonds is 3. The second-order valence-electron chi connectivity index (χ2n) is 10.9. The second kappa shape index (κ2) is 8.82. The van der Waals surface area contributed by atoms with Gasteiger partial charge in [0, 0.05) is 13.0 Å². The van der Waals surface area contributed by atoms with Crippen molar-refractivity contribution in [3.63, 3.8) is 0 Å². The highest BCUT2D eigenvalue weighted by Gasteiger charge is 2.49. The standard InChI is InChI=1S/C32H34N4/c1-3-8-24-16-25(23-11-6-9-21(15-23)20-33)17-27-28(24)19-32-14-7-12-22-10-4-5-13-26(22)29(32)18-30(27)36(2)31(34)35-32/h4-6,9-11,13,15-17,29-30H,3,7-8,12,14,18-19H2,1-2H3,(H2,34,35). The molecule has 2 N–H and O–H groups in total. The van der Waals surface area contributed by atoms with Crippen LogP contribution < -0.4 is 5.73 Å². The number of nitrogens with two attached hydrogens (primary N) is 1. The van der Waals surface area contributed by atoms with Gasteiger partial charge in [-0.3, -0.25) is 0 Å². The molecule has 1 aliphatic heterocycles. The van der Waals surface area contributed by atoms with E-state index in [9.17, 15) is 5.26 Å². The Balaban J connectivity index is 1.59. The van der Waals surface area contributed by atoms with Crippen molar-refractivity contribution < 1.29 is 0 Å². The number of nitriles is 1. The predicted octanol–water partition coefficient (Wildman–Crippen LogP) is 6.28. The molecular formula is C32H34N4. The Labute approximate surface area is 214 Å². The van der Waals surface area contributed by atoms with Crippen molar-refractivity contribution in [2.45, 2.75) is 69.4 Å². The van der Waals surface area contributed by atoms with Crippen LogP contribution >= 0.6 is 0 Å². The van der Waals surface area contributed by atoms with Gasteiger partial charge in [-0.1, -0.05) is 55.8 Å². The molecule has 3 aromatic carbocycles. The van der Waals surface area contributed by atoms with E-state index in [0.717, 1.165) is 50.5 Å². The first-order valence-electron chi connectivity index (χ1n) is 13.3. The third-order valence-corrected chi connectivity index (χ3v) is 8.82. The minimum Gasteiger partial charge on any atom is -0.370 e. The summed E-state index contributed by atoms with van der Waals surface area (Å²) in [5.74, 6) is 1.01. The Kier molecular flexibility index (Phi) is 5.60. The van der Waals surface area contributed by atoms with Gasteiger partial charge in [0.1, 0.15) is 0 Å². The molecule has 2 aliphatic carbocycles. The molecule has 4 heteroatoms. The molecule has 36 heavy (non-hydrogen) atoms. The van der Waals surface area contributed by atoms with E-state index < -0.39 is 0 Å². The van der Waals surface area contributed by atoms with Crippen molar-refractivity contribution in [3.8, 4) is 17.2 Å². The van der Waals surface area contributed by atoms with Gasteiger partial charge < -0.3 is 10.6 Å². The van der Waals surface area contributed by atoms with E-state index in [1.165, 1.54) is 33.4 Å². The molecular weight excluding hydrogens is 440 g/mol. The van der Waals surface area contributed by atoms with Crippen molar-refractivity contribution in [1.82, 2.24) is 4.90 Å². The maximum absolute atomic E-state index is 9.49. The smallest absolute Gasteiger partial charge is 0.192 e. The summed E-state index contributed by atoms with van der Waals surface area (Å²) in [6.45, 7) is 2.26. The number of fused-ring (bicyclic) bond motifs is 4. The van der Waals surface area contributed by atoms with Crippen LogP contribution in [0.2, 0.25) is 0 Å². The lowest BCUT2D eigenvalue weighted by atomic mass is 9.73. The molecule has 0 spiro atoms. The lowest BCUT2D eigenvalue weighted by molar-refractivity contribution is 0.293. The molecule has 1 heterocycles. The highest BCUT2D eigenvalue weighted by atomic mass is 15.3. The van der Waals surface area contributed by atoms with Crippen LogP contribution in [0.15, 0.2) is 65.7 Å². The van der Waals surface area contributed by atoms with E-state index in [0.29, 0.717) is 17.4 Å². The Morgan fingerprint density at radius 2 is 1.94 bits per heavy atom. The van der Waals surface area contributed by atoms with Crippen LogP contribution in [0.5, 0.6) is 0 Å². The number of aryl methyl sites for hydroxylation is 2. The molecule has 0 fully saturated rings. The van der Waals surface area contributed by atoms with Crippen LogP contribution in [-0.4, -0.2) is 23.4 Å². The number of guanidine groups is 1. The van der Waals surface area contributed by atoms with Gasteiger partial charge in [-0.15, -0.1) is 0 Å². The summed E-state index contributed by atoms with van der Waals surface area (Å²) < 4.78 is 0. The van der Waals surface area contributed by atoms with Gasteiger partial charge in [0.25, 0.3) is 0 Å². The van der Waals surface area contributed by atoms with Gasteiger partial charge in [-0.25, -0.2) is 4.99 Å². The quantitative estimate of drug-likeness (QED) is 0.485. The largest absolute Gasteiger partial charge is 0.370 e. The fourth-order valence-corrected chi connectivity index (χ4v) is 7.07. The molecule has 0 radical (unpaired) electrons. The van der Waals surface area contributed by atoms with Crippen LogP contribution in [0, 0.1) is 11.3 Å². The van der Waals surface area contributed by atoms with Crippen molar-refractivity contribution in [3.05, 3.63) is 94.0 Å². The van der Waals surface area contributed by atoms with E-state index >= 15 is 0 Å². The first-order valence-corrected chi connectivity index (χ1v) is 13.3. The zero-order chi connectivity index (χ0) is 24.9. The third kappa shape index (κ3) is 3.61. The molecule has 6 rings (SSSR count). The monoisotopic (exact) mass is 474 g/mol. The zero-order valence-corrected chi connectivity index (χ0v) is 21.3. The number of benzene rings is 3. The molecule has 0 amide bonds. The maximum atomic E-state index is 9.49. The zero-order valence-electron chi connectivity index (χ0n) is 21.3. The Morgan fingerprint density at radius 3 is 2.78 bits per heavy atom. The summed E-state index contributed by atoms with van der Waals surface area (Å²) in [7, 11) is 2.12. The summed E-state index contributed by atoms with van der Waals surface area (Å²) in [6.07, 6.45) is 7.41. The summed E-state index contributed by atoms with van der Waals surface area (Å²) in [5.41, 5.74) is 16.8. The average molecular weight is 475 g/mol. The van der Waals surface area contributed by atoms with Gasteiger partial charge in [0.15, 0.2) is 5.96 Å². The molecule has 0 saturated heterocycles. The lowest BCUT2D eigenvalue weighted by Crippen LogP contribution is -2.41. The van der Waals surface area contributed by atoms with Crippen LogP contribution in [-0.2, 0) is 19.3 Å². The van der Waals surface area contributed by atoms with E-state index in [1.54, 1.807) is 0 Å². The minimum absolute atomic E-state index is 0.166. The fraction of sp³-hybridized carbons (Fsp3) is 0.375. The SMILES string of the molecule is CCCc1cc(-c2cccc(C#N)c2)cc2c1CC13CCCc4ccccc4C1CC2N(C)C(N)=N3. The molecule has 3 unspecified atom stereocenters. The van der Waals surface area contributed by atoms with E-state index in [2.05, 4.69) is 67.4 Å². The van der Waals surface area contributed by atoms with E-state index in [4.69, 9.17) is 10.7 Å². The average Bonchev–Trinajstić information content (AvgIpc) is 3.18. The Bertz CT molecular complexity index is 1400. The van der Waals surface area contributed by atoms with Crippen LogP contribution in [0.1, 0.15) is 77.9 Å². The molecule has 182 valence electrons. The highest BCUT2D eigenvalue weighted by Crippen LogP contribution is 2.53. The Hall–Kier alpha value is -3.58. The molecule has 2 bridgehead atoms. The number of hydrogen-bond acceptors (Lipinski definition) is 4. The van der Waals surface area contributed by atoms with Gasteiger partial charge >= 0.3 is 0 Å². The van der Waals surface area contributed by atoms with Gasteiger partial charge in [0.2, 0.25) is 0 Å². The van der Waals surface area contributed by atoms with Crippen LogP contribution in [0.25, 0.3) is 11.1 Å². The molecule has 3 aliphatic rings. The summed E-state index contributed by atoms with van der Waals surface area (Å²) in [6, 6.07) is 24.3. The van der Waals surface area contributed by atoms with Crippen molar-refractivity contribution in [2.75, 3.05) is 7.05 Å². The first-order chi connectivity index (χ1) is 17.5. The third-order valence-electron chi connectivity index (χ3n) is 8.82. The second-order valence-corrected chi connectivity index (χ2v) is 10.9.